The highest BCUT2D eigenvalue weighted by Crippen LogP contribution is 2.28. The van der Waals surface area contributed by atoms with Crippen LogP contribution in [0.4, 0.5) is 14.5 Å². The molecule has 0 amide bonds. The third-order valence-corrected chi connectivity index (χ3v) is 3.19. The van der Waals surface area contributed by atoms with Gasteiger partial charge in [0.25, 0.3) is 0 Å². The van der Waals surface area contributed by atoms with Crippen LogP contribution in [0.1, 0.15) is 19.4 Å². The van der Waals surface area contributed by atoms with Crippen molar-refractivity contribution >= 4 is 17.7 Å². The highest BCUT2D eigenvalue weighted by atomic mass is 19.1. The van der Waals surface area contributed by atoms with Crippen molar-refractivity contribution in [2.24, 2.45) is 0 Å². The number of rotatable bonds is 3. The van der Waals surface area contributed by atoms with Gasteiger partial charge in [0.05, 0.1) is 12.2 Å². The molecule has 4 nitrogen and oxygen atoms in total. The molecule has 2 rings (SSSR count). The molecule has 2 atom stereocenters. The number of hydrogen-bond donors (Lipinski definition) is 1. The average Bonchev–Trinajstić information content (AvgIpc) is 2.34. The van der Waals surface area contributed by atoms with Crippen molar-refractivity contribution in [3.05, 3.63) is 35.4 Å². The first kappa shape index (κ1) is 15.4. The molecule has 1 N–H and O–H groups in total. The highest BCUT2D eigenvalue weighted by molar-refractivity contribution is 5.85. The van der Waals surface area contributed by atoms with Crippen molar-refractivity contribution in [3.8, 4) is 0 Å². The Kier molecular flexibility index (Phi) is 4.57. The predicted molar refractivity (Wildman–Crippen MR) is 75.2 cm³/mol. The average molecular weight is 297 g/mol. The number of ether oxygens (including phenoxy) is 1. The minimum Gasteiger partial charge on any atom is -0.478 e. The summed E-state index contributed by atoms with van der Waals surface area (Å²) in [6.07, 6.45) is 1.77. The normalized spacial score (nSPS) is 22.8. The van der Waals surface area contributed by atoms with Crippen LogP contribution in [0.15, 0.2) is 18.2 Å². The zero-order valence-electron chi connectivity index (χ0n) is 11.8. The lowest BCUT2D eigenvalue weighted by molar-refractivity contribution is -0.131. The Balaban J connectivity index is 2.30. The van der Waals surface area contributed by atoms with Crippen molar-refractivity contribution < 1.29 is 23.4 Å². The molecule has 0 aliphatic carbocycles. The Hall–Kier alpha value is -1.95. The van der Waals surface area contributed by atoms with Crippen LogP contribution < -0.4 is 4.90 Å². The van der Waals surface area contributed by atoms with Gasteiger partial charge in [-0.25, -0.2) is 13.6 Å². The molecule has 0 saturated carbocycles. The molecule has 21 heavy (non-hydrogen) atoms. The first-order chi connectivity index (χ1) is 9.86. The monoisotopic (exact) mass is 297 g/mol. The maximum absolute atomic E-state index is 14.2. The number of carboxylic acids is 1. The van der Waals surface area contributed by atoms with Gasteiger partial charge in [0.2, 0.25) is 0 Å². The Bertz CT molecular complexity index is 541. The van der Waals surface area contributed by atoms with Gasteiger partial charge >= 0.3 is 5.97 Å². The summed E-state index contributed by atoms with van der Waals surface area (Å²) in [4.78, 5) is 12.1. The maximum Gasteiger partial charge on any atom is 0.328 e. The first-order valence-corrected chi connectivity index (χ1v) is 6.67. The molecule has 1 aromatic rings. The van der Waals surface area contributed by atoms with Crippen LogP contribution >= 0.6 is 0 Å². The van der Waals surface area contributed by atoms with E-state index in [0.717, 1.165) is 24.3 Å². The molecule has 0 bridgehead atoms. The summed E-state index contributed by atoms with van der Waals surface area (Å²) in [5, 5.41) is 8.53. The summed E-state index contributed by atoms with van der Waals surface area (Å²) >= 11 is 0. The van der Waals surface area contributed by atoms with Gasteiger partial charge < -0.3 is 14.7 Å². The van der Waals surface area contributed by atoms with E-state index in [1.165, 1.54) is 0 Å². The first-order valence-electron chi connectivity index (χ1n) is 6.67. The van der Waals surface area contributed by atoms with Crippen LogP contribution in [0, 0.1) is 11.6 Å². The van der Waals surface area contributed by atoms with Crippen molar-refractivity contribution in [3.63, 3.8) is 0 Å². The molecule has 114 valence electrons. The molecule has 1 aliphatic rings. The molecule has 6 heteroatoms. The van der Waals surface area contributed by atoms with Gasteiger partial charge in [-0.2, -0.15) is 0 Å². The van der Waals surface area contributed by atoms with Crippen molar-refractivity contribution in [1.29, 1.82) is 0 Å². The number of benzene rings is 1. The van der Waals surface area contributed by atoms with E-state index in [4.69, 9.17) is 9.84 Å². The predicted octanol–water partition coefficient (Wildman–Crippen LogP) is 2.68. The fourth-order valence-corrected chi connectivity index (χ4v) is 2.51. The van der Waals surface area contributed by atoms with Gasteiger partial charge in [0.15, 0.2) is 0 Å². The quantitative estimate of drug-likeness (QED) is 0.872. The second kappa shape index (κ2) is 6.22. The number of hydrogen-bond acceptors (Lipinski definition) is 3. The van der Waals surface area contributed by atoms with E-state index in [9.17, 15) is 13.6 Å². The van der Waals surface area contributed by atoms with Gasteiger partial charge in [-0.1, -0.05) is 0 Å². The molecular formula is C15H17F2NO3. The number of carboxylic acid groups (broad SMARTS) is 1. The zero-order valence-corrected chi connectivity index (χ0v) is 11.8. The van der Waals surface area contributed by atoms with Crippen LogP contribution in [0.3, 0.4) is 0 Å². The maximum atomic E-state index is 14.2. The number of carbonyl (C=O) groups is 1. The van der Waals surface area contributed by atoms with Crippen LogP contribution in [-0.4, -0.2) is 36.4 Å². The number of morpholine rings is 1. The summed E-state index contributed by atoms with van der Waals surface area (Å²) in [7, 11) is 0. The molecule has 1 saturated heterocycles. The Morgan fingerprint density at radius 3 is 2.29 bits per heavy atom. The van der Waals surface area contributed by atoms with E-state index in [1.54, 1.807) is 4.90 Å². The van der Waals surface area contributed by atoms with E-state index in [-0.39, 0.29) is 23.5 Å². The SMILES string of the molecule is CC1CN(c2c(F)cc(C=CC(=O)O)cc2F)CC(C)O1. The molecule has 1 heterocycles. The summed E-state index contributed by atoms with van der Waals surface area (Å²) in [5.41, 5.74) is 0.0787. The van der Waals surface area contributed by atoms with Gasteiger partial charge in [0, 0.05) is 19.2 Å². The summed E-state index contributed by atoms with van der Waals surface area (Å²) in [6.45, 7) is 4.51. The second-order valence-corrected chi connectivity index (χ2v) is 5.17. The molecule has 1 fully saturated rings. The molecule has 2 unspecified atom stereocenters. The summed E-state index contributed by atoms with van der Waals surface area (Å²) in [5.74, 6) is -2.58. The Morgan fingerprint density at radius 2 is 1.81 bits per heavy atom. The van der Waals surface area contributed by atoms with Gasteiger partial charge in [0.1, 0.15) is 17.3 Å². The van der Waals surface area contributed by atoms with Crippen LogP contribution in [0.5, 0.6) is 0 Å². The Labute approximate surface area is 121 Å². The van der Waals surface area contributed by atoms with E-state index in [1.807, 2.05) is 13.8 Å². The van der Waals surface area contributed by atoms with Gasteiger partial charge in [-0.3, -0.25) is 0 Å². The lowest BCUT2D eigenvalue weighted by atomic mass is 10.1. The molecular weight excluding hydrogens is 280 g/mol. The van der Waals surface area contributed by atoms with Crippen LogP contribution in [-0.2, 0) is 9.53 Å². The molecule has 0 spiro atoms. The topological polar surface area (TPSA) is 49.8 Å². The highest BCUT2D eigenvalue weighted by Gasteiger charge is 2.26. The van der Waals surface area contributed by atoms with Crippen LogP contribution in [0.25, 0.3) is 6.08 Å². The largest absolute Gasteiger partial charge is 0.478 e. The van der Waals surface area contributed by atoms with Crippen molar-refractivity contribution in [2.75, 3.05) is 18.0 Å². The third-order valence-electron chi connectivity index (χ3n) is 3.19. The number of aliphatic carboxylic acids is 1. The molecule has 1 aromatic carbocycles. The summed E-state index contributed by atoms with van der Waals surface area (Å²) in [6, 6.07) is 2.26. The summed E-state index contributed by atoms with van der Waals surface area (Å²) < 4.78 is 33.9. The lowest BCUT2D eigenvalue weighted by Gasteiger charge is -2.37. The van der Waals surface area contributed by atoms with E-state index in [2.05, 4.69) is 0 Å². The number of halogens is 2. The molecule has 1 aliphatic heterocycles. The fourth-order valence-electron chi connectivity index (χ4n) is 2.51. The fraction of sp³-hybridized carbons (Fsp3) is 0.400. The number of anilines is 1. The standard InChI is InChI=1S/C15H17F2NO3/c1-9-7-18(8-10(2)21-9)15-12(16)5-11(6-13(15)17)3-4-14(19)20/h3-6,9-10H,7-8H2,1-2H3,(H,19,20). The van der Waals surface area contributed by atoms with Crippen molar-refractivity contribution in [2.45, 2.75) is 26.1 Å². The lowest BCUT2D eigenvalue weighted by Crippen LogP contribution is -2.46. The second-order valence-electron chi connectivity index (χ2n) is 5.17. The minimum atomic E-state index is -1.17. The van der Waals surface area contributed by atoms with E-state index in [0.29, 0.717) is 13.1 Å². The smallest absolute Gasteiger partial charge is 0.328 e. The minimum absolute atomic E-state index is 0.0931. The number of nitrogens with zero attached hydrogens (tertiary/aromatic N) is 1. The molecule has 0 aromatic heterocycles. The Morgan fingerprint density at radius 1 is 1.29 bits per heavy atom. The van der Waals surface area contributed by atoms with Crippen LogP contribution in [0.2, 0.25) is 0 Å². The van der Waals surface area contributed by atoms with E-state index >= 15 is 0 Å². The van der Waals surface area contributed by atoms with Gasteiger partial charge in [-0.05, 0) is 37.6 Å². The zero-order chi connectivity index (χ0) is 15.6. The van der Waals surface area contributed by atoms with Crippen molar-refractivity contribution in [1.82, 2.24) is 0 Å². The molecule has 0 radical (unpaired) electrons. The third kappa shape index (κ3) is 3.78. The van der Waals surface area contributed by atoms with E-state index < -0.39 is 17.6 Å². The van der Waals surface area contributed by atoms with Gasteiger partial charge in [-0.15, -0.1) is 0 Å².